The SMILES string of the molecule is N[C@H](C/C=C/c1ccccc1)[C@@H](C(=O)O)C(=O)OCC1c2ccccc2-c2ccccc21. The van der Waals surface area contributed by atoms with Crippen molar-refractivity contribution in [2.75, 3.05) is 6.61 Å². The minimum atomic E-state index is -1.43. The van der Waals surface area contributed by atoms with Gasteiger partial charge in [0.25, 0.3) is 0 Å². The highest BCUT2D eigenvalue weighted by Crippen LogP contribution is 2.44. The lowest BCUT2D eigenvalue weighted by molar-refractivity contribution is -0.159. The number of carboxylic acids is 1. The van der Waals surface area contributed by atoms with E-state index in [1.54, 1.807) is 6.08 Å². The van der Waals surface area contributed by atoms with Crippen LogP contribution >= 0.6 is 0 Å². The first-order valence-electron chi connectivity index (χ1n) is 10.6. The fourth-order valence-electron chi connectivity index (χ4n) is 4.21. The van der Waals surface area contributed by atoms with Crippen molar-refractivity contribution in [1.29, 1.82) is 0 Å². The zero-order valence-electron chi connectivity index (χ0n) is 17.6. The molecule has 0 saturated heterocycles. The molecule has 0 bridgehead atoms. The van der Waals surface area contributed by atoms with E-state index in [9.17, 15) is 14.7 Å². The highest BCUT2D eigenvalue weighted by Gasteiger charge is 2.35. The molecule has 0 spiro atoms. The Bertz CT molecular complexity index is 1090. The molecule has 32 heavy (non-hydrogen) atoms. The van der Waals surface area contributed by atoms with Crippen molar-refractivity contribution < 1.29 is 19.4 Å². The van der Waals surface area contributed by atoms with Gasteiger partial charge in [0.1, 0.15) is 6.61 Å². The van der Waals surface area contributed by atoms with Crippen molar-refractivity contribution in [2.24, 2.45) is 11.7 Å². The highest BCUT2D eigenvalue weighted by molar-refractivity contribution is 5.95. The van der Waals surface area contributed by atoms with Crippen molar-refractivity contribution in [2.45, 2.75) is 18.4 Å². The minimum Gasteiger partial charge on any atom is -0.481 e. The molecule has 5 heteroatoms. The van der Waals surface area contributed by atoms with Gasteiger partial charge in [0, 0.05) is 12.0 Å². The molecular formula is C27H25NO4. The molecule has 4 rings (SSSR count). The molecular weight excluding hydrogens is 402 g/mol. The molecule has 0 radical (unpaired) electrons. The molecule has 3 aromatic carbocycles. The van der Waals surface area contributed by atoms with Crippen LogP contribution in [-0.4, -0.2) is 29.7 Å². The number of hydrogen-bond acceptors (Lipinski definition) is 4. The standard InChI is InChI=1S/C27H25NO4/c28-24(16-8-11-18-9-2-1-3-10-18)25(26(29)30)27(31)32-17-23-21-14-6-4-12-19(21)20-13-5-7-15-22(20)23/h1-15,23-25H,16-17,28H2,(H,29,30)/b11-8+/t24-,25+/m1/s1. The first kappa shape index (κ1) is 21.5. The topological polar surface area (TPSA) is 89.6 Å². The lowest BCUT2D eigenvalue weighted by Crippen LogP contribution is -2.41. The molecule has 1 aliphatic carbocycles. The summed E-state index contributed by atoms with van der Waals surface area (Å²) in [4.78, 5) is 24.5. The average Bonchev–Trinajstić information content (AvgIpc) is 3.12. The molecule has 0 aromatic heterocycles. The van der Waals surface area contributed by atoms with E-state index < -0.39 is 23.9 Å². The van der Waals surface area contributed by atoms with Crippen LogP contribution in [0.1, 0.15) is 29.0 Å². The second-order valence-electron chi connectivity index (χ2n) is 7.89. The smallest absolute Gasteiger partial charge is 0.321 e. The maximum Gasteiger partial charge on any atom is 0.321 e. The summed E-state index contributed by atoms with van der Waals surface area (Å²) < 4.78 is 5.53. The first-order chi connectivity index (χ1) is 15.6. The second-order valence-corrected chi connectivity index (χ2v) is 7.89. The predicted molar refractivity (Wildman–Crippen MR) is 124 cm³/mol. The number of nitrogens with two attached hydrogens (primary N) is 1. The molecule has 0 saturated carbocycles. The summed E-state index contributed by atoms with van der Waals surface area (Å²) in [6, 6.07) is 24.7. The van der Waals surface area contributed by atoms with Gasteiger partial charge in [-0.05, 0) is 34.2 Å². The second kappa shape index (κ2) is 9.62. The molecule has 0 heterocycles. The zero-order valence-corrected chi connectivity index (χ0v) is 17.6. The molecule has 0 amide bonds. The van der Waals surface area contributed by atoms with Crippen LogP contribution in [0, 0.1) is 5.92 Å². The number of benzene rings is 3. The molecule has 0 unspecified atom stereocenters. The van der Waals surface area contributed by atoms with E-state index in [0.29, 0.717) is 0 Å². The lowest BCUT2D eigenvalue weighted by Gasteiger charge is -2.20. The van der Waals surface area contributed by atoms with Gasteiger partial charge >= 0.3 is 11.9 Å². The monoisotopic (exact) mass is 427 g/mol. The largest absolute Gasteiger partial charge is 0.481 e. The Balaban J connectivity index is 1.44. The van der Waals surface area contributed by atoms with Gasteiger partial charge in [-0.15, -0.1) is 0 Å². The Labute approximate surface area is 187 Å². The number of ether oxygens (including phenoxy) is 1. The van der Waals surface area contributed by atoms with Crippen LogP contribution in [0.2, 0.25) is 0 Å². The van der Waals surface area contributed by atoms with Gasteiger partial charge in [0.15, 0.2) is 5.92 Å². The van der Waals surface area contributed by atoms with Crippen LogP contribution in [0.5, 0.6) is 0 Å². The fourth-order valence-corrected chi connectivity index (χ4v) is 4.21. The Kier molecular flexibility index (Phi) is 6.47. The summed E-state index contributed by atoms with van der Waals surface area (Å²) in [5.41, 5.74) is 11.4. The highest BCUT2D eigenvalue weighted by atomic mass is 16.5. The van der Waals surface area contributed by atoms with Crippen molar-refractivity contribution in [3.05, 3.63) is 102 Å². The fraction of sp³-hybridized carbons (Fsp3) is 0.185. The van der Waals surface area contributed by atoms with E-state index in [-0.39, 0.29) is 18.9 Å². The molecule has 3 N–H and O–H groups in total. The van der Waals surface area contributed by atoms with E-state index >= 15 is 0 Å². The summed E-state index contributed by atoms with van der Waals surface area (Å²) in [5, 5.41) is 9.63. The van der Waals surface area contributed by atoms with Gasteiger partial charge in [0.2, 0.25) is 0 Å². The molecule has 2 atom stereocenters. The lowest BCUT2D eigenvalue weighted by atomic mass is 9.96. The maximum atomic E-state index is 12.7. The van der Waals surface area contributed by atoms with E-state index in [1.807, 2.05) is 84.9 Å². The molecule has 162 valence electrons. The number of aliphatic carboxylic acids is 1. The van der Waals surface area contributed by atoms with Crippen LogP contribution in [0.15, 0.2) is 84.9 Å². The van der Waals surface area contributed by atoms with Gasteiger partial charge in [-0.1, -0.05) is 91.0 Å². The molecule has 5 nitrogen and oxygen atoms in total. The average molecular weight is 428 g/mol. The quantitative estimate of drug-likeness (QED) is 0.409. The Morgan fingerprint density at radius 2 is 1.47 bits per heavy atom. The van der Waals surface area contributed by atoms with Crippen molar-refractivity contribution >= 4 is 18.0 Å². The summed E-state index contributed by atoms with van der Waals surface area (Å²) in [7, 11) is 0. The van der Waals surface area contributed by atoms with Gasteiger partial charge in [-0.25, -0.2) is 0 Å². The van der Waals surface area contributed by atoms with Crippen LogP contribution in [0.3, 0.4) is 0 Å². The van der Waals surface area contributed by atoms with Crippen molar-refractivity contribution in [3.8, 4) is 11.1 Å². The van der Waals surface area contributed by atoms with E-state index in [4.69, 9.17) is 10.5 Å². The Hall–Kier alpha value is -3.70. The zero-order chi connectivity index (χ0) is 22.5. The van der Waals surface area contributed by atoms with Crippen LogP contribution in [0.25, 0.3) is 17.2 Å². The van der Waals surface area contributed by atoms with Crippen LogP contribution < -0.4 is 5.73 Å². The van der Waals surface area contributed by atoms with E-state index in [2.05, 4.69) is 0 Å². The normalized spacial score (nSPS) is 14.5. The molecule has 3 aromatic rings. The van der Waals surface area contributed by atoms with E-state index in [0.717, 1.165) is 27.8 Å². The van der Waals surface area contributed by atoms with Crippen molar-refractivity contribution in [1.82, 2.24) is 0 Å². The third-order valence-corrected chi connectivity index (χ3v) is 5.82. The van der Waals surface area contributed by atoms with Crippen LogP contribution in [0.4, 0.5) is 0 Å². The molecule has 1 aliphatic rings. The Morgan fingerprint density at radius 1 is 0.906 bits per heavy atom. The summed E-state index contributed by atoms with van der Waals surface area (Å²) >= 11 is 0. The van der Waals surface area contributed by atoms with E-state index in [1.165, 1.54) is 0 Å². The van der Waals surface area contributed by atoms with Gasteiger partial charge < -0.3 is 15.6 Å². The first-order valence-corrected chi connectivity index (χ1v) is 10.6. The summed E-state index contributed by atoms with van der Waals surface area (Å²) in [6.07, 6.45) is 3.89. The van der Waals surface area contributed by atoms with Gasteiger partial charge in [-0.3, -0.25) is 9.59 Å². The summed E-state index contributed by atoms with van der Waals surface area (Å²) in [5.74, 6) is -3.64. The third kappa shape index (κ3) is 4.48. The van der Waals surface area contributed by atoms with Gasteiger partial charge in [-0.2, -0.15) is 0 Å². The third-order valence-electron chi connectivity index (χ3n) is 5.82. The number of carbonyl (C=O) groups excluding carboxylic acids is 1. The van der Waals surface area contributed by atoms with Crippen LogP contribution in [-0.2, 0) is 14.3 Å². The maximum absolute atomic E-state index is 12.7. The minimum absolute atomic E-state index is 0.0726. The number of carboxylic acid groups (broad SMARTS) is 1. The number of hydrogen-bond donors (Lipinski definition) is 2. The molecule has 0 aliphatic heterocycles. The van der Waals surface area contributed by atoms with Crippen molar-refractivity contribution in [3.63, 3.8) is 0 Å². The number of carbonyl (C=O) groups is 2. The number of rotatable bonds is 8. The number of esters is 1. The summed E-state index contributed by atoms with van der Waals surface area (Å²) in [6.45, 7) is 0.0726. The van der Waals surface area contributed by atoms with Gasteiger partial charge in [0.05, 0.1) is 0 Å². The Morgan fingerprint density at radius 3 is 2.06 bits per heavy atom. The number of fused-ring (bicyclic) bond motifs is 3. The molecule has 0 fully saturated rings. The predicted octanol–water partition coefficient (Wildman–Crippen LogP) is 4.47.